The number of fused-ring (bicyclic) bond motifs is 2. The van der Waals surface area contributed by atoms with E-state index in [1.165, 1.54) is 21.2 Å². The molecule has 2 aromatic carbocycles. The second-order valence-electron chi connectivity index (χ2n) is 10.7. The average molecular weight is 605 g/mol. The first-order valence-electron chi connectivity index (χ1n) is 14.7. The highest BCUT2D eigenvalue weighted by Gasteiger charge is 2.16. The van der Waals surface area contributed by atoms with E-state index in [4.69, 9.17) is 4.98 Å². The van der Waals surface area contributed by atoms with E-state index in [-0.39, 0.29) is 11.1 Å². The average Bonchev–Trinajstić information content (AvgIpc) is 3.62. The Bertz CT molecular complexity index is 2240. The second kappa shape index (κ2) is 11.9. The van der Waals surface area contributed by atoms with E-state index in [0.717, 1.165) is 39.2 Å². The maximum absolute atomic E-state index is 12.4. The maximum Gasteiger partial charge on any atom is 0.273 e. The number of rotatable bonds is 4. The minimum absolute atomic E-state index is 0.132. The van der Waals surface area contributed by atoms with Gasteiger partial charge in [0.15, 0.2) is 11.3 Å². The number of hydrogen-bond donors (Lipinski definition) is 2. The number of H-pyrrole nitrogens is 2. The zero-order valence-electron chi connectivity index (χ0n) is 25.0. The van der Waals surface area contributed by atoms with Gasteiger partial charge in [-0.15, -0.1) is 0 Å². The minimum Gasteiger partial charge on any atom is -0.293 e. The molecule has 6 aromatic heterocycles. The number of aromatic nitrogens is 8. The molecule has 0 aliphatic heterocycles. The molecule has 0 aliphatic rings. The molecule has 46 heavy (non-hydrogen) atoms. The fourth-order valence-electron chi connectivity index (χ4n) is 5.52. The highest BCUT2D eigenvalue weighted by Crippen LogP contribution is 2.28. The largest absolute Gasteiger partial charge is 0.293 e. The SMILES string of the molecule is Cc1[nH]n2c(=O)cc(-c3ccccn3)nc2c1-c1ccccc1.Cc1[nH]n2c(=O)cc(-c3ccncc3)nc2c1-c1ccccc1. The van der Waals surface area contributed by atoms with Gasteiger partial charge in [0.25, 0.3) is 11.1 Å². The van der Waals surface area contributed by atoms with Gasteiger partial charge in [0.1, 0.15) is 0 Å². The molecule has 10 nitrogen and oxygen atoms in total. The molecule has 8 rings (SSSR count). The maximum atomic E-state index is 12.4. The van der Waals surface area contributed by atoms with Crippen LogP contribution < -0.4 is 11.1 Å². The quantitative estimate of drug-likeness (QED) is 0.249. The number of benzene rings is 2. The summed E-state index contributed by atoms with van der Waals surface area (Å²) in [7, 11) is 0. The summed E-state index contributed by atoms with van der Waals surface area (Å²) in [4.78, 5) is 42.6. The van der Waals surface area contributed by atoms with E-state index < -0.39 is 0 Å². The van der Waals surface area contributed by atoms with E-state index in [0.29, 0.717) is 28.4 Å². The van der Waals surface area contributed by atoms with Crippen molar-refractivity contribution in [2.45, 2.75) is 13.8 Å². The van der Waals surface area contributed by atoms with E-state index in [2.05, 4.69) is 25.1 Å². The molecule has 6 heterocycles. The standard InChI is InChI=1S/2C18H14N4O/c1-12-17(13-7-3-2-4-8-13)18-20-15(11-16(23)22(18)21-12)14-9-5-6-10-19-14;1-12-17(14-5-3-2-4-6-14)18-20-15(11-16(23)22(18)21-12)13-7-9-19-10-8-13/h2*2-11,21H,1H3. The monoisotopic (exact) mass is 604 g/mol. The van der Waals surface area contributed by atoms with Crippen LogP contribution in [0.2, 0.25) is 0 Å². The summed E-state index contributed by atoms with van der Waals surface area (Å²) in [6.45, 7) is 3.89. The number of pyridine rings is 2. The highest BCUT2D eigenvalue weighted by atomic mass is 16.1. The van der Waals surface area contributed by atoms with Crippen LogP contribution >= 0.6 is 0 Å². The van der Waals surface area contributed by atoms with Gasteiger partial charge >= 0.3 is 0 Å². The smallest absolute Gasteiger partial charge is 0.273 e. The number of aryl methyl sites for hydroxylation is 2. The van der Waals surface area contributed by atoms with Crippen molar-refractivity contribution in [3.05, 3.63) is 154 Å². The van der Waals surface area contributed by atoms with Gasteiger partial charge in [-0.25, -0.2) is 19.0 Å². The Morgan fingerprint density at radius 1 is 0.522 bits per heavy atom. The van der Waals surface area contributed by atoms with Crippen LogP contribution in [0.4, 0.5) is 0 Å². The molecule has 10 heteroatoms. The molecular weight excluding hydrogens is 576 g/mol. The molecule has 0 unspecified atom stereocenters. The molecule has 0 fully saturated rings. The Labute approximate surface area is 262 Å². The third-order valence-corrected chi connectivity index (χ3v) is 7.62. The lowest BCUT2D eigenvalue weighted by atomic mass is 10.1. The molecule has 0 aliphatic carbocycles. The summed E-state index contributed by atoms with van der Waals surface area (Å²) in [5, 5.41) is 6.20. The van der Waals surface area contributed by atoms with Gasteiger partial charge in [-0.05, 0) is 49.2 Å². The second-order valence-corrected chi connectivity index (χ2v) is 10.7. The molecule has 2 N–H and O–H groups in total. The summed E-state index contributed by atoms with van der Waals surface area (Å²) in [5.74, 6) is 0. The summed E-state index contributed by atoms with van der Waals surface area (Å²) < 4.78 is 2.96. The van der Waals surface area contributed by atoms with Crippen LogP contribution in [0, 0.1) is 13.8 Å². The van der Waals surface area contributed by atoms with Crippen molar-refractivity contribution in [2.24, 2.45) is 0 Å². The molecule has 0 atom stereocenters. The predicted octanol–water partition coefficient (Wildman–Crippen LogP) is 6.12. The van der Waals surface area contributed by atoms with Crippen LogP contribution in [0.25, 0.3) is 56.2 Å². The van der Waals surface area contributed by atoms with Crippen molar-refractivity contribution in [2.75, 3.05) is 0 Å². The van der Waals surface area contributed by atoms with Crippen LogP contribution in [-0.2, 0) is 0 Å². The van der Waals surface area contributed by atoms with Gasteiger partial charge in [0.2, 0.25) is 0 Å². The van der Waals surface area contributed by atoms with Gasteiger partial charge in [-0.1, -0.05) is 66.7 Å². The lowest BCUT2D eigenvalue weighted by Gasteiger charge is -2.03. The van der Waals surface area contributed by atoms with E-state index >= 15 is 0 Å². The van der Waals surface area contributed by atoms with Crippen molar-refractivity contribution >= 4 is 11.3 Å². The minimum atomic E-state index is -0.152. The molecule has 0 saturated heterocycles. The Kier molecular flexibility index (Phi) is 7.35. The first kappa shape index (κ1) is 28.4. The van der Waals surface area contributed by atoms with Crippen LogP contribution in [0.15, 0.2) is 131 Å². The lowest BCUT2D eigenvalue weighted by Crippen LogP contribution is -2.14. The van der Waals surface area contributed by atoms with E-state index in [1.54, 1.807) is 18.6 Å². The zero-order chi connectivity index (χ0) is 31.6. The number of aromatic amines is 2. The van der Waals surface area contributed by atoms with Crippen LogP contribution in [0.1, 0.15) is 11.4 Å². The molecule has 8 aromatic rings. The molecule has 0 bridgehead atoms. The third kappa shape index (κ3) is 5.28. The number of hydrogen-bond acceptors (Lipinski definition) is 6. The van der Waals surface area contributed by atoms with Gasteiger partial charge in [0.05, 0.1) is 17.1 Å². The topological polar surface area (TPSA) is 126 Å². The van der Waals surface area contributed by atoms with E-state index in [1.807, 2.05) is 105 Å². The van der Waals surface area contributed by atoms with Crippen molar-refractivity contribution in [1.29, 1.82) is 0 Å². The van der Waals surface area contributed by atoms with Crippen molar-refractivity contribution in [1.82, 2.24) is 39.2 Å². The highest BCUT2D eigenvalue weighted by molar-refractivity contribution is 5.82. The fourth-order valence-corrected chi connectivity index (χ4v) is 5.52. The Balaban J connectivity index is 0.000000147. The Hall–Kier alpha value is -6.42. The molecule has 0 radical (unpaired) electrons. The summed E-state index contributed by atoms with van der Waals surface area (Å²) >= 11 is 0. The van der Waals surface area contributed by atoms with Gasteiger partial charge in [-0.2, -0.15) is 0 Å². The summed E-state index contributed by atoms with van der Waals surface area (Å²) in [6.07, 6.45) is 5.08. The van der Waals surface area contributed by atoms with Crippen molar-refractivity contribution in [3.8, 4) is 44.9 Å². The summed E-state index contributed by atoms with van der Waals surface area (Å²) in [5.41, 5.74) is 9.48. The molecule has 0 spiro atoms. The van der Waals surface area contributed by atoms with Crippen LogP contribution in [-0.4, -0.2) is 39.2 Å². The first-order valence-corrected chi connectivity index (χ1v) is 14.7. The fraction of sp³-hybridized carbons (Fsp3) is 0.0556. The summed E-state index contributed by atoms with van der Waals surface area (Å²) in [6, 6.07) is 32.2. The van der Waals surface area contributed by atoms with Crippen molar-refractivity contribution in [3.63, 3.8) is 0 Å². The first-order chi connectivity index (χ1) is 22.5. The van der Waals surface area contributed by atoms with Crippen LogP contribution in [0.5, 0.6) is 0 Å². The third-order valence-electron chi connectivity index (χ3n) is 7.62. The van der Waals surface area contributed by atoms with Gasteiger partial charge in [-0.3, -0.25) is 29.8 Å². The molecular formula is C36H28N8O2. The van der Waals surface area contributed by atoms with Gasteiger partial charge in [0, 0.05) is 58.8 Å². The van der Waals surface area contributed by atoms with Crippen molar-refractivity contribution < 1.29 is 0 Å². The Morgan fingerprint density at radius 2 is 1.02 bits per heavy atom. The number of nitrogens with zero attached hydrogens (tertiary/aromatic N) is 6. The van der Waals surface area contributed by atoms with Crippen LogP contribution in [0.3, 0.4) is 0 Å². The Morgan fingerprint density at radius 3 is 1.54 bits per heavy atom. The molecule has 224 valence electrons. The van der Waals surface area contributed by atoms with E-state index in [9.17, 15) is 9.59 Å². The predicted molar refractivity (Wildman–Crippen MR) is 178 cm³/mol. The normalized spacial score (nSPS) is 11.0. The number of nitrogens with one attached hydrogen (secondary N) is 2. The van der Waals surface area contributed by atoms with Gasteiger partial charge < -0.3 is 0 Å². The molecule has 0 amide bonds. The lowest BCUT2D eigenvalue weighted by molar-refractivity contribution is 0.881. The zero-order valence-corrected chi connectivity index (χ0v) is 25.0. The molecule has 0 saturated carbocycles.